The lowest BCUT2D eigenvalue weighted by Crippen LogP contribution is -2.21. The van der Waals surface area contributed by atoms with E-state index in [9.17, 15) is 5.11 Å². The van der Waals surface area contributed by atoms with E-state index in [4.69, 9.17) is 23.2 Å². The summed E-state index contributed by atoms with van der Waals surface area (Å²) < 4.78 is 0. The van der Waals surface area contributed by atoms with Gasteiger partial charge in [0.05, 0.1) is 21.8 Å². The van der Waals surface area contributed by atoms with Gasteiger partial charge >= 0.3 is 0 Å². The molecular weight excluding hydrogens is 321 g/mol. The standard InChI is InChI=1S/C16H19Cl2N3O/c1-10-4-13(20-19-10)6-12-8-21(9-16(12)22)7-11-2-3-14(17)15(18)5-11/h2-5,12,16,22H,6-9H2,1H3,(H,19,20)/t12-,16-/m1/s1. The van der Waals surface area contributed by atoms with Crippen molar-refractivity contribution in [1.29, 1.82) is 0 Å². The number of likely N-dealkylation sites (tertiary alicyclic amines) is 1. The van der Waals surface area contributed by atoms with Gasteiger partial charge in [-0.2, -0.15) is 5.10 Å². The van der Waals surface area contributed by atoms with Crippen molar-refractivity contribution in [1.82, 2.24) is 15.1 Å². The summed E-state index contributed by atoms with van der Waals surface area (Å²) in [5.74, 6) is 0.213. The Bertz CT molecular complexity index is 659. The number of nitrogens with one attached hydrogen (secondary N) is 1. The third kappa shape index (κ3) is 3.63. The van der Waals surface area contributed by atoms with Crippen molar-refractivity contribution in [3.8, 4) is 0 Å². The van der Waals surface area contributed by atoms with Crippen LogP contribution >= 0.6 is 23.2 Å². The minimum absolute atomic E-state index is 0.213. The van der Waals surface area contributed by atoms with Gasteiger partial charge in [-0.25, -0.2) is 0 Å². The van der Waals surface area contributed by atoms with Gasteiger partial charge in [-0.15, -0.1) is 0 Å². The number of benzene rings is 1. The normalized spacial score (nSPS) is 22.4. The maximum atomic E-state index is 10.3. The van der Waals surface area contributed by atoms with Gasteiger partial charge in [-0.3, -0.25) is 10.00 Å². The molecule has 1 saturated heterocycles. The molecular formula is C16H19Cl2N3O. The SMILES string of the molecule is Cc1cc(C[C@@H]2CN(Cc3ccc(Cl)c(Cl)c3)C[C@H]2O)n[nH]1. The number of β-amino-alcohol motifs (C(OH)–C–C–N with tert-alkyl or cyclic N) is 1. The first-order valence-corrected chi connectivity index (χ1v) is 8.12. The minimum atomic E-state index is -0.320. The van der Waals surface area contributed by atoms with Crippen molar-refractivity contribution < 1.29 is 5.11 Å². The smallest absolute Gasteiger partial charge is 0.0711 e. The van der Waals surface area contributed by atoms with Crippen molar-refractivity contribution in [2.75, 3.05) is 13.1 Å². The summed E-state index contributed by atoms with van der Waals surface area (Å²) in [6.45, 7) is 4.28. The van der Waals surface area contributed by atoms with Crippen LogP contribution in [0.15, 0.2) is 24.3 Å². The zero-order valence-corrected chi connectivity index (χ0v) is 13.9. The van der Waals surface area contributed by atoms with Crippen LogP contribution in [0.1, 0.15) is 17.0 Å². The Kier molecular flexibility index (Phi) is 4.73. The number of aromatic amines is 1. The molecule has 0 amide bonds. The molecule has 1 aromatic heterocycles. The number of aromatic nitrogens is 2. The molecule has 4 nitrogen and oxygen atoms in total. The lowest BCUT2D eigenvalue weighted by atomic mass is 10.0. The maximum Gasteiger partial charge on any atom is 0.0711 e. The lowest BCUT2D eigenvalue weighted by Gasteiger charge is -2.15. The number of aliphatic hydroxyl groups is 1. The lowest BCUT2D eigenvalue weighted by molar-refractivity contribution is 0.140. The summed E-state index contributed by atoms with van der Waals surface area (Å²) in [5, 5.41) is 18.6. The van der Waals surface area contributed by atoms with Gasteiger partial charge in [0.15, 0.2) is 0 Å². The Morgan fingerprint density at radius 3 is 2.77 bits per heavy atom. The predicted molar refractivity (Wildman–Crippen MR) is 88.3 cm³/mol. The summed E-state index contributed by atoms with van der Waals surface area (Å²) in [5.41, 5.74) is 3.17. The second kappa shape index (κ2) is 6.59. The first-order chi connectivity index (χ1) is 10.5. The summed E-state index contributed by atoms with van der Waals surface area (Å²) in [7, 11) is 0. The fourth-order valence-electron chi connectivity index (χ4n) is 3.01. The van der Waals surface area contributed by atoms with Crippen molar-refractivity contribution in [3.05, 3.63) is 51.3 Å². The third-order valence-electron chi connectivity index (χ3n) is 4.10. The Balaban J connectivity index is 1.61. The second-order valence-corrected chi connectivity index (χ2v) is 6.83. The zero-order valence-electron chi connectivity index (χ0n) is 12.4. The quantitative estimate of drug-likeness (QED) is 0.899. The van der Waals surface area contributed by atoms with Gasteiger partial charge < -0.3 is 5.11 Å². The van der Waals surface area contributed by atoms with E-state index >= 15 is 0 Å². The van der Waals surface area contributed by atoms with Crippen LogP contribution in [0.5, 0.6) is 0 Å². The molecule has 1 aliphatic rings. The number of H-pyrrole nitrogens is 1. The van der Waals surface area contributed by atoms with Gasteiger partial charge in [0.1, 0.15) is 0 Å². The number of hydrogen-bond acceptors (Lipinski definition) is 3. The Hall–Kier alpha value is -1.07. The summed E-state index contributed by atoms with van der Waals surface area (Å²) in [6, 6.07) is 7.72. The van der Waals surface area contributed by atoms with Crippen molar-refractivity contribution >= 4 is 23.2 Å². The van der Waals surface area contributed by atoms with E-state index in [1.165, 1.54) is 0 Å². The maximum absolute atomic E-state index is 10.3. The van der Waals surface area contributed by atoms with E-state index in [1.807, 2.05) is 31.2 Å². The van der Waals surface area contributed by atoms with Crippen molar-refractivity contribution in [3.63, 3.8) is 0 Å². The van der Waals surface area contributed by atoms with Crippen LogP contribution in [-0.2, 0) is 13.0 Å². The highest BCUT2D eigenvalue weighted by Crippen LogP contribution is 2.26. The van der Waals surface area contributed by atoms with Crippen LogP contribution in [0.3, 0.4) is 0 Å². The van der Waals surface area contributed by atoms with Gasteiger partial charge in [-0.05, 0) is 37.1 Å². The number of aryl methyl sites for hydroxylation is 1. The van der Waals surface area contributed by atoms with E-state index in [0.29, 0.717) is 16.6 Å². The molecule has 0 saturated carbocycles. The van der Waals surface area contributed by atoms with Crippen LogP contribution in [0.4, 0.5) is 0 Å². The summed E-state index contributed by atoms with van der Waals surface area (Å²) in [6.07, 6.45) is 0.475. The van der Waals surface area contributed by atoms with E-state index in [-0.39, 0.29) is 12.0 Å². The molecule has 0 radical (unpaired) electrons. The first kappa shape index (κ1) is 15.8. The molecule has 118 valence electrons. The van der Waals surface area contributed by atoms with Crippen LogP contribution in [0, 0.1) is 12.8 Å². The van der Waals surface area contributed by atoms with E-state index in [2.05, 4.69) is 15.1 Å². The molecule has 2 N–H and O–H groups in total. The summed E-state index contributed by atoms with van der Waals surface area (Å²) >= 11 is 12.0. The Morgan fingerprint density at radius 1 is 1.27 bits per heavy atom. The molecule has 6 heteroatoms. The highest BCUT2D eigenvalue weighted by molar-refractivity contribution is 6.42. The predicted octanol–water partition coefficient (Wildman–Crippen LogP) is 3.06. The average molecular weight is 340 g/mol. The fourth-order valence-corrected chi connectivity index (χ4v) is 3.34. The average Bonchev–Trinajstić information content (AvgIpc) is 3.01. The molecule has 0 aliphatic carbocycles. The van der Waals surface area contributed by atoms with Gasteiger partial charge in [-0.1, -0.05) is 29.3 Å². The molecule has 0 spiro atoms. The Morgan fingerprint density at radius 2 is 2.09 bits per heavy atom. The minimum Gasteiger partial charge on any atom is -0.391 e. The number of halogens is 2. The van der Waals surface area contributed by atoms with Crippen LogP contribution < -0.4 is 0 Å². The monoisotopic (exact) mass is 339 g/mol. The fraction of sp³-hybridized carbons (Fsp3) is 0.438. The third-order valence-corrected chi connectivity index (χ3v) is 4.84. The number of hydrogen-bond donors (Lipinski definition) is 2. The molecule has 2 heterocycles. The largest absolute Gasteiger partial charge is 0.391 e. The highest BCUT2D eigenvalue weighted by Gasteiger charge is 2.31. The van der Waals surface area contributed by atoms with E-state index < -0.39 is 0 Å². The van der Waals surface area contributed by atoms with E-state index in [0.717, 1.165) is 36.5 Å². The second-order valence-electron chi connectivity index (χ2n) is 6.02. The van der Waals surface area contributed by atoms with E-state index in [1.54, 1.807) is 0 Å². The van der Waals surface area contributed by atoms with Crippen LogP contribution in [-0.4, -0.2) is 39.4 Å². The zero-order chi connectivity index (χ0) is 15.7. The number of aliphatic hydroxyl groups excluding tert-OH is 1. The van der Waals surface area contributed by atoms with Crippen molar-refractivity contribution in [2.24, 2.45) is 5.92 Å². The van der Waals surface area contributed by atoms with Gasteiger partial charge in [0.2, 0.25) is 0 Å². The number of nitrogens with zero attached hydrogens (tertiary/aromatic N) is 2. The molecule has 0 bridgehead atoms. The van der Waals surface area contributed by atoms with Crippen molar-refractivity contribution in [2.45, 2.75) is 26.0 Å². The topological polar surface area (TPSA) is 52.1 Å². The van der Waals surface area contributed by atoms with Crippen LogP contribution in [0.25, 0.3) is 0 Å². The molecule has 0 unspecified atom stereocenters. The van der Waals surface area contributed by atoms with Gasteiger partial charge in [0, 0.05) is 31.2 Å². The summed E-state index contributed by atoms with van der Waals surface area (Å²) in [4.78, 5) is 2.24. The molecule has 3 rings (SSSR count). The molecule has 1 aliphatic heterocycles. The first-order valence-electron chi connectivity index (χ1n) is 7.36. The van der Waals surface area contributed by atoms with Crippen LogP contribution in [0.2, 0.25) is 10.0 Å². The molecule has 2 atom stereocenters. The Labute approximate surface area is 140 Å². The van der Waals surface area contributed by atoms with Gasteiger partial charge in [0.25, 0.3) is 0 Å². The number of rotatable bonds is 4. The molecule has 22 heavy (non-hydrogen) atoms. The molecule has 2 aromatic rings. The molecule has 1 aromatic carbocycles. The molecule has 1 fully saturated rings. The highest BCUT2D eigenvalue weighted by atomic mass is 35.5.